The van der Waals surface area contributed by atoms with Crippen LogP contribution in [0.1, 0.15) is 0 Å². The Bertz CT molecular complexity index is 209. The van der Waals surface area contributed by atoms with Crippen LogP contribution in [0.2, 0.25) is 0 Å². The zero-order valence-electron chi connectivity index (χ0n) is 4.98. The molecule has 10 heavy (non-hydrogen) atoms. The topological polar surface area (TPSA) is 50.2 Å². The van der Waals surface area contributed by atoms with Crippen molar-refractivity contribution in [1.29, 1.82) is 0 Å². The predicted octanol–water partition coefficient (Wildman–Crippen LogP) is 1.32. The molecule has 1 aromatic heterocycles. The zero-order valence-corrected chi connectivity index (χ0v) is 6.61. The Hall–Kier alpha value is -0.550. The number of hydrogen-bond acceptors (Lipinski definition) is 4. The summed E-state index contributed by atoms with van der Waals surface area (Å²) < 4.78 is 0.808. The van der Waals surface area contributed by atoms with Gasteiger partial charge in [-0.25, -0.2) is 4.98 Å². The average molecular weight is 175 g/mol. The van der Waals surface area contributed by atoms with E-state index in [0.717, 1.165) is 4.34 Å². The van der Waals surface area contributed by atoms with Gasteiger partial charge in [0.2, 0.25) is 0 Å². The van der Waals surface area contributed by atoms with E-state index in [0.29, 0.717) is 0 Å². The minimum atomic E-state index is -0.805. The summed E-state index contributed by atoms with van der Waals surface area (Å²) in [7, 11) is 0. The summed E-state index contributed by atoms with van der Waals surface area (Å²) in [5.41, 5.74) is 0. The molecule has 0 aromatic carbocycles. The fourth-order valence-corrected chi connectivity index (χ4v) is 1.76. The van der Waals surface area contributed by atoms with E-state index >= 15 is 0 Å². The highest BCUT2D eigenvalue weighted by Crippen LogP contribution is 2.19. The lowest BCUT2D eigenvalue weighted by molar-refractivity contribution is -0.133. The highest BCUT2D eigenvalue weighted by Gasteiger charge is 1.99. The molecule has 0 radical (unpaired) electrons. The van der Waals surface area contributed by atoms with Crippen LogP contribution in [0.15, 0.2) is 15.9 Å². The Morgan fingerprint density at radius 3 is 3.20 bits per heavy atom. The lowest BCUT2D eigenvalue weighted by atomic mass is 10.8. The molecule has 0 unspecified atom stereocenters. The summed E-state index contributed by atoms with van der Waals surface area (Å²) in [5, 5.41) is 10.1. The first kappa shape index (κ1) is 7.56. The monoisotopic (exact) mass is 175 g/mol. The number of aliphatic carboxylic acids is 1. The molecule has 0 spiro atoms. The van der Waals surface area contributed by atoms with Crippen LogP contribution in [0.5, 0.6) is 0 Å². The van der Waals surface area contributed by atoms with Crippen molar-refractivity contribution in [2.24, 2.45) is 0 Å². The molecular formula is C5H5NO2S2. The van der Waals surface area contributed by atoms with Crippen molar-refractivity contribution in [3.8, 4) is 0 Å². The number of hydrogen-bond donors (Lipinski definition) is 1. The van der Waals surface area contributed by atoms with Gasteiger partial charge in [-0.3, -0.25) is 4.79 Å². The fraction of sp³-hybridized carbons (Fsp3) is 0.200. The quantitative estimate of drug-likeness (QED) is 0.704. The van der Waals surface area contributed by atoms with Gasteiger partial charge in [-0.1, -0.05) is 11.8 Å². The number of nitrogens with zero attached hydrogens (tertiary/aromatic N) is 1. The van der Waals surface area contributed by atoms with Gasteiger partial charge < -0.3 is 5.11 Å². The van der Waals surface area contributed by atoms with Gasteiger partial charge in [0, 0.05) is 11.6 Å². The number of thioether (sulfide) groups is 1. The van der Waals surface area contributed by atoms with Gasteiger partial charge in [0.1, 0.15) is 4.34 Å². The van der Waals surface area contributed by atoms with Gasteiger partial charge in [0.25, 0.3) is 0 Å². The fourth-order valence-electron chi connectivity index (χ4n) is 0.405. The average Bonchev–Trinajstić information content (AvgIpc) is 2.34. The lowest BCUT2D eigenvalue weighted by Crippen LogP contribution is -1.96. The standard InChI is InChI=1S/C5H5NO2S2/c7-4(8)3-10-5-6-1-2-9-5/h1-2H,3H2,(H,7,8). The Labute approximate surface area is 66.1 Å². The van der Waals surface area contributed by atoms with Crippen molar-refractivity contribution < 1.29 is 9.90 Å². The maximum atomic E-state index is 10.1. The highest BCUT2D eigenvalue weighted by atomic mass is 32.2. The Morgan fingerprint density at radius 2 is 2.70 bits per heavy atom. The molecule has 1 aromatic rings. The summed E-state index contributed by atoms with van der Waals surface area (Å²) >= 11 is 2.70. The van der Waals surface area contributed by atoms with Gasteiger partial charge >= 0.3 is 5.97 Å². The molecule has 0 aliphatic heterocycles. The number of aromatic nitrogens is 1. The van der Waals surface area contributed by atoms with Crippen molar-refractivity contribution >= 4 is 29.1 Å². The van der Waals surface area contributed by atoms with Crippen LogP contribution in [-0.2, 0) is 4.79 Å². The summed E-state index contributed by atoms with van der Waals surface area (Å²) in [5.74, 6) is -0.715. The molecule has 0 aliphatic rings. The van der Waals surface area contributed by atoms with Gasteiger partial charge in [0.05, 0.1) is 5.75 Å². The normalized spacial score (nSPS) is 9.60. The van der Waals surface area contributed by atoms with E-state index in [1.165, 1.54) is 23.1 Å². The van der Waals surface area contributed by atoms with E-state index in [-0.39, 0.29) is 5.75 Å². The van der Waals surface area contributed by atoms with E-state index < -0.39 is 5.97 Å². The van der Waals surface area contributed by atoms with Crippen molar-refractivity contribution in [3.63, 3.8) is 0 Å². The molecule has 0 fully saturated rings. The molecule has 54 valence electrons. The first-order valence-electron chi connectivity index (χ1n) is 2.53. The van der Waals surface area contributed by atoms with Crippen molar-refractivity contribution in [2.45, 2.75) is 4.34 Å². The number of thiazole rings is 1. The second kappa shape index (κ2) is 3.58. The summed E-state index contributed by atoms with van der Waals surface area (Å²) in [6.07, 6.45) is 1.66. The van der Waals surface area contributed by atoms with Crippen LogP contribution in [-0.4, -0.2) is 21.8 Å². The molecule has 0 atom stereocenters. The van der Waals surface area contributed by atoms with E-state index in [9.17, 15) is 4.79 Å². The third-order valence-electron chi connectivity index (χ3n) is 0.729. The molecule has 3 nitrogen and oxygen atoms in total. The van der Waals surface area contributed by atoms with Gasteiger partial charge in [-0.15, -0.1) is 11.3 Å². The maximum Gasteiger partial charge on any atom is 0.313 e. The van der Waals surface area contributed by atoms with E-state index in [1.54, 1.807) is 6.20 Å². The molecule has 1 rings (SSSR count). The van der Waals surface area contributed by atoms with Gasteiger partial charge in [-0.05, 0) is 0 Å². The van der Waals surface area contributed by atoms with Crippen molar-refractivity contribution in [3.05, 3.63) is 11.6 Å². The second-order valence-electron chi connectivity index (χ2n) is 1.48. The number of carboxylic acids is 1. The smallest absolute Gasteiger partial charge is 0.313 e. The van der Waals surface area contributed by atoms with Crippen molar-refractivity contribution in [2.75, 3.05) is 5.75 Å². The van der Waals surface area contributed by atoms with Crippen LogP contribution in [0.3, 0.4) is 0 Å². The molecule has 1 N–H and O–H groups in total. The predicted molar refractivity (Wildman–Crippen MR) is 40.5 cm³/mol. The summed E-state index contributed by atoms with van der Waals surface area (Å²) in [6, 6.07) is 0. The number of carboxylic acid groups (broad SMARTS) is 1. The van der Waals surface area contributed by atoms with Crippen molar-refractivity contribution in [1.82, 2.24) is 4.98 Å². The molecular weight excluding hydrogens is 170 g/mol. The molecule has 0 bridgehead atoms. The largest absolute Gasteiger partial charge is 0.481 e. The number of carbonyl (C=O) groups is 1. The third kappa shape index (κ3) is 2.36. The summed E-state index contributed by atoms with van der Waals surface area (Å²) in [4.78, 5) is 14.0. The molecule has 0 amide bonds. The second-order valence-corrected chi connectivity index (χ2v) is 3.60. The Balaban J connectivity index is 2.35. The highest BCUT2D eigenvalue weighted by molar-refractivity contribution is 8.01. The first-order chi connectivity index (χ1) is 4.79. The Kier molecular flexibility index (Phi) is 2.70. The van der Waals surface area contributed by atoms with Crippen LogP contribution in [0.4, 0.5) is 0 Å². The van der Waals surface area contributed by atoms with Crippen LogP contribution >= 0.6 is 23.1 Å². The maximum absolute atomic E-state index is 10.1. The van der Waals surface area contributed by atoms with Crippen LogP contribution in [0.25, 0.3) is 0 Å². The zero-order chi connectivity index (χ0) is 7.40. The lowest BCUT2D eigenvalue weighted by Gasteiger charge is -1.88. The SMILES string of the molecule is O=C(O)CSc1nccs1. The molecule has 1 heterocycles. The molecule has 0 aliphatic carbocycles. The Morgan fingerprint density at radius 1 is 1.90 bits per heavy atom. The van der Waals surface area contributed by atoms with Crippen LogP contribution in [0, 0.1) is 0 Å². The minimum Gasteiger partial charge on any atom is -0.481 e. The third-order valence-corrected chi connectivity index (χ3v) is 2.68. The molecule has 0 saturated heterocycles. The minimum absolute atomic E-state index is 0.0908. The van der Waals surface area contributed by atoms with Crippen LogP contribution < -0.4 is 0 Å². The number of rotatable bonds is 3. The first-order valence-corrected chi connectivity index (χ1v) is 4.39. The molecule has 5 heteroatoms. The van der Waals surface area contributed by atoms with E-state index in [1.807, 2.05) is 5.38 Å². The molecule has 0 saturated carbocycles. The van der Waals surface area contributed by atoms with E-state index in [4.69, 9.17) is 5.11 Å². The van der Waals surface area contributed by atoms with E-state index in [2.05, 4.69) is 4.98 Å². The van der Waals surface area contributed by atoms with Gasteiger partial charge in [-0.2, -0.15) is 0 Å². The summed E-state index contributed by atoms with van der Waals surface area (Å²) in [6.45, 7) is 0. The van der Waals surface area contributed by atoms with Gasteiger partial charge in [0.15, 0.2) is 0 Å².